The average Bonchev–Trinajstić information content (AvgIpc) is 3.07. The number of fused-ring (bicyclic) bond motifs is 1. The maximum Gasteiger partial charge on any atom is 0.338 e. The van der Waals surface area contributed by atoms with Crippen molar-refractivity contribution < 1.29 is 38.2 Å². The quantitative estimate of drug-likeness (QED) is 0.286. The zero-order chi connectivity index (χ0) is 25.5. The lowest BCUT2D eigenvalue weighted by molar-refractivity contribution is -0.123. The summed E-state index contributed by atoms with van der Waals surface area (Å²) < 4.78 is 9.66. The lowest BCUT2D eigenvalue weighted by atomic mass is 10.1. The lowest BCUT2D eigenvalue weighted by Crippen LogP contribution is -2.42. The first kappa shape index (κ1) is 25.1. The summed E-state index contributed by atoms with van der Waals surface area (Å²) in [5.74, 6) is -3.25. The normalized spacial score (nSPS) is 12.1. The molecule has 0 fully saturated rings. The van der Waals surface area contributed by atoms with Crippen molar-refractivity contribution in [1.29, 1.82) is 0 Å². The molecular weight excluding hydrogens is 460 g/mol. The number of rotatable bonds is 8. The summed E-state index contributed by atoms with van der Waals surface area (Å²) in [6.07, 6.45) is 0. The van der Waals surface area contributed by atoms with E-state index in [4.69, 9.17) is 9.47 Å². The van der Waals surface area contributed by atoms with E-state index in [-0.39, 0.29) is 41.4 Å². The van der Waals surface area contributed by atoms with Crippen LogP contribution < -0.4 is 20.9 Å². The van der Waals surface area contributed by atoms with E-state index in [1.807, 2.05) is 5.32 Å². The van der Waals surface area contributed by atoms with Crippen molar-refractivity contribution in [1.82, 2.24) is 10.6 Å². The van der Waals surface area contributed by atoms with Gasteiger partial charge >= 0.3 is 12.0 Å². The molecule has 3 rings (SSSR count). The molecule has 1 aliphatic rings. The van der Waals surface area contributed by atoms with Gasteiger partial charge in [-0.3, -0.25) is 24.5 Å². The van der Waals surface area contributed by atoms with E-state index >= 15 is 0 Å². The highest BCUT2D eigenvalue weighted by Crippen LogP contribution is 2.30. The fraction of sp³-hybridized carbons (Fsp3) is 0.217. The molecule has 0 atom stereocenters. The Morgan fingerprint density at radius 1 is 0.943 bits per heavy atom. The summed E-state index contributed by atoms with van der Waals surface area (Å²) in [5, 5.41) is 6.95. The van der Waals surface area contributed by atoms with Crippen LogP contribution in [-0.2, 0) is 19.1 Å². The van der Waals surface area contributed by atoms with E-state index in [1.165, 1.54) is 44.4 Å². The van der Waals surface area contributed by atoms with E-state index in [1.54, 1.807) is 12.1 Å². The number of nitrogens with zero attached hydrogens (tertiary/aromatic N) is 1. The number of hydrogen-bond acceptors (Lipinski definition) is 8. The third-order valence-electron chi connectivity index (χ3n) is 4.75. The van der Waals surface area contributed by atoms with Gasteiger partial charge in [0, 0.05) is 26.3 Å². The monoisotopic (exact) mass is 482 g/mol. The number of esters is 1. The molecule has 182 valence electrons. The maximum absolute atomic E-state index is 12.9. The minimum atomic E-state index is -0.916. The van der Waals surface area contributed by atoms with Gasteiger partial charge in [-0.2, -0.15) is 0 Å². The molecule has 2 aromatic rings. The summed E-state index contributed by atoms with van der Waals surface area (Å²) in [6.45, 7) is 1.07. The number of nitrogens with one attached hydrogen (secondary N) is 3. The Kier molecular flexibility index (Phi) is 7.89. The van der Waals surface area contributed by atoms with Crippen LogP contribution in [0.5, 0.6) is 0 Å². The Morgan fingerprint density at radius 3 is 2.29 bits per heavy atom. The van der Waals surface area contributed by atoms with Crippen LogP contribution in [0, 0.1) is 0 Å². The van der Waals surface area contributed by atoms with E-state index in [2.05, 4.69) is 10.6 Å². The number of anilines is 2. The number of ether oxygens (including phenoxy) is 2. The van der Waals surface area contributed by atoms with Crippen molar-refractivity contribution in [3.8, 4) is 0 Å². The molecule has 1 heterocycles. The van der Waals surface area contributed by atoms with Crippen molar-refractivity contribution in [2.45, 2.75) is 6.92 Å². The number of carbonyl (C=O) groups excluding carboxylic acids is 6. The highest BCUT2D eigenvalue weighted by Gasteiger charge is 2.37. The van der Waals surface area contributed by atoms with Crippen LogP contribution in [0.1, 0.15) is 38.0 Å². The highest BCUT2D eigenvalue weighted by atomic mass is 16.5. The predicted molar refractivity (Wildman–Crippen MR) is 122 cm³/mol. The van der Waals surface area contributed by atoms with Gasteiger partial charge < -0.3 is 20.1 Å². The molecule has 0 saturated carbocycles. The maximum atomic E-state index is 12.9. The zero-order valence-corrected chi connectivity index (χ0v) is 18.9. The Morgan fingerprint density at radius 2 is 1.63 bits per heavy atom. The van der Waals surface area contributed by atoms with Gasteiger partial charge in [0.05, 0.1) is 29.0 Å². The summed E-state index contributed by atoms with van der Waals surface area (Å²) in [5.41, 5.74) is 0.833. The molecule has 0 aliphatic carbocycles. The van der Waals surface area contributed by atoms with Gasteiger partial charge in [0.1, 0.15) is 0 Å². The van der Waals surface area contributed by atoms with Gasteiger partial charge in [-0.15, -0.1) is 0 Å². The van der Waals surface area contributed by atoms with Crippen molar-refractivity contribution in [3.05, 3.63) is 59.2 Å². The minimum Gasteiger partial charge on any atom is -0.452 e. The first-order chi connectivity index (χ1) is 16.7. The smallest absolute Gasteiger partial charge is 0.338 e. The minimum absolute atomic E-state index is 0.00244. The summed E-state index contributed by atoms with van der Waals surface area (Å²) in [6, 6.07) is 9.16. The molecule has 0 aromatic heterocycles. The van der Waals surface area contributed by atoms with Crippen LogP contribution in [-0.4, -0.2) is 62.5 Å². The Balaban J connectivity index is 1.64. The van der Waals surface area contributed by atoms with E-state index < -0.39 is 36.3 Å². The number of imide groups is 2. The summed E-state index contributed by atoms with van der Waals surface area (Å²) in [4.78, 5) is 73.4. The number of hydrogen-bond donors (Lipinski definition) is 3. The summed E-state index contributed by atoms with van der Waals surface area (Å²) in [7, 11) is 1.46. The van der Waals surface area contributed by atoms with Gasteiger partial charge in [0.15, 0.2) is 6.61 Å². The van der Waals surface area contributed by atoms with E-state index in [9.17, 15) is 28.8 Å². The molecule has 12 nitrogen and oxygen atoms in total. The van der Waals surface area contributed by atoms with Crippen molar-refractivity contribution in [2.75, 3.05) is 37.1 Å². The van der Waals surface area contributed by atoms with Crippen molar-refractivity contribution >= 4 is 47.0 Å². The van der Waals surface area contributed by atoms with Crippen molar-refractivity contribution in [2.24, 2.45) is 0 Å². The molecule has 6 amide bonds. The van der Waals surface area contributed by atoms with E-state index in [0.29, 0.717) is 5.69 Å². The molecule has 0 bridgehead atoms. The van der Waals surface area contributed by atoms with Crippen LogP contribution in [0.4, 0.5) is 16.2 Å². The molecule has 0 saturated heterocycles. The molecule has 35 heavy (non-hydrogen) atoms. The fourth-order valence-corrected chi connectivity index (χ4v) is 3.19. The average molecular weight is 482 g/mol. The Labute approximate surface area is 199 Å². The van der Waals surface area contributed by atoms with Crippen LogP contribution >= 0.6 is 0 Å². The molecule has 12 heteroatoms. The first-order valence-corrected chi connectivity index (χ1v) is 10.4. The number of carbonyl (C=O) groups is 6. The number of amides is 6. The largest absolute Gasteiger partial charge is 0.452 e. The molecule has 2 aromatic carbocycles. The van der Waals surface area contributed by atoms with Crippen LogP contribution in [0.25, 0.3) is 0 Å². The molecule has 1 aliphatic heterocycles. The van der Waals surface area contributed by atoms with Gasteiger partial charge in [0.2, 0.25) is 5.91 Å². The third kappa shape index (κ3) is 6.06. The van der Waals surface area contributed by atoms with Crippen LogP contribution in [0.3, 0.4) is 0 Å². The summed E-state index contributed by atoms with van der Waals surface area (Å²) >= 11 is 0. The number of methoxy groups -OCH3 is 1. The number of urea groups is 1. The first-order valence-electron chi connectivity index (χ1n) is 10.4. The van der Waals surface area contributed by atoms with Crippen LogP contribution in [0.2, 0.25) is 0 Å². The molecule has 0 unspecified atom stereocenters. The highest BCUT2D eigenvalue weighted by molar-refractivity contribution is 6.34. The van der Waals surface area contributed by atoms with Crippen molar-refractivity contribution in [3.63, 3.8) is 0 Å². The third-order valence-corrected chi connectivity index (χ3v) is 4.75. The molecular formula is C23H22N4O8. The SMILES string of the molecule is COCCNC(=O)NC(=O)COC(=O)c1ccc2c(c1)C(=O)N(c1ccc(NC(C)=O)cc1)C2=O. The zero-order valence-electron chi connectivity index (χ0n) is 18.9. The van der Waals surface area contributed by atoms with Gasteiger partial charge in [0.25, 0.3) is 17.7 Å². The molecule has 3 N–H and O–H groups in total. The number of benzene rings is 2. The Hall–Kier alpha value is -4.58. The fourth-order valence-electron chi connectivity index (χ4n) is 3.19. The van der Waals surface area contributed by atoms with Gasteiger partial charge in [-0.1, -0.05) is 0 Å². The van der Waals surface area contributed by atoms with Crippen LogP contribution in [0.15, 0.2) is 42.5 Å². The van der Waals surface area contributed by atoms with Gasteiger partial charge in [-0.25, -0.2) is 14.5 Å². The second-order valence-corrected chi connectivity index (χ2v) is 7.31. The molecule has 0 radical (unpaired) electrons. The predicted octanol–water partition coefficient (Wildman–Crippen LogP) is 1.07. The van der Waals surface area contributed by atoms with Gasteiger partial charge in [-0.05, 0) is 42.5 Å². The van der Waals surface area contributed by atoms with E-state index in [0.717, 1.165) is 4.90 Å². The molecule has 0 spiro atoms. The standard InChI is InChI=1S/C23H22N4O8/c1-13(28)25-15-4-6-16(7-5-15)27-20(30)17-8-3-14(11-18(17)21(27)31)22(32)35-12-19(29)26-23(33)24-9-10-34-2/h3-8,11H,9-10,12H2,1-2H3,(H,25,28)(H2,24,26,29,33). The topological polar surface area (TPSA) is 160 Å². The second kappa shape index (κ2) is 11.0. The second-order valence-electron chi connectivity index (χ2n) is 7.31. The Bertz CT molecular complexity index is 1190. The lowest BCUT2D eigenvalue weighted by Gasteiger charge is -2.14.